The summed E-state index contributed by atoms with van der Waals surface area (Å²) < 4.78 is 1.82. The van der Waals surface area contributed by atoms with Crippen molar-refractivity contribution >= 4 is 5.97 Å². The normalized spacial score (nSPS) is 19.6. The summed E-state index contributed by atoms with van der Waals surface area (Å²) in [5.74, 6) is -0.692. The van der Waals surface area contributed by atoms with Crippen LogP contribution in [0.2, 0.25) is 0 Å². The van der Waals surface area contributed by atoms with Crippen molar-refractivity contribution in [2.75, 3.05) is 0 Å². The third-order valence-corrected chi connectivity index (χ3v) is 3.62. The van der Waals surface area contributed by atoms with Crippen LogP contribution in [0.3, 0.4) is 0 Å². The zero-order valence-electron chi connectivity index (χ0n) is 9.65. The molecule has 0 saturated heterocycles. The number of carboxylic acids is 1. The van der Waals surface area contributed by atoms with E-state index in [-0.39, 0.29) is 0 Å². The van der Waals surface area contributed by atoms with Crippen LogP contribution in [-0.2, 0) is 16.8 Å². The van der Waals surface area contributed by atoms with E-state index in [2.05, 4.69) is 5.10 Å². The van der Waals surface area contributed by atoms with Crippen molar-refractivity contribution in [3.8, 4) is 0 Å². The summed E-state index contributed by atoms with van der Waals surface area (Å²) >= 11 is 0. The summed E-state index contributed by atoms with van der Waals surface area (Å²) in [6, 6.07) is 1.86. The fourth-order valence-electron chi connectivity index (χ4n) is 2.73. The quantitative estimate of drug-likeness (QED) is 0.852. The van der Waals surface area contributed by atoms with Gasteiger partial charge in [-0.1, -0.05) is 19.3 Å². The fourth-order valence-corrected chi connectivity index (χ4v) is 2.73. The van der Waals surface area contributed by atoms with Gasteiger partial charge in [0.2, 0.25) is 0 Å². The largest absolute Gasteiger partial charge is 0.481 e. The van der Waals surface area contributed by atoms with E-state index in [1.165, 1.54) is 0 Å². The summed E-state index contributed by atoms with van der Waals surface area (Å²) in [6.07, 6.45) is 6.35. The standard InChI is InChI=1S/C12H18N2O2/c1-2-14-10(6-9-13-14)12(11(15)16)7-4-3-5-8-12/h6,9H,2-5,7-8H2,1H3,(H,15,16). The molecule has 1 N–H and O–H groups in total. The minimum atomic E-state index is -0.692. The Morgan fingerprint density at radius 1 is 1.50 bits per heavy atom. The Morgan fingerprint density at radius 3 is 2.75 bits per heavy atom. The lowest BCUT2D eigenvalue weighted by Crippen LogP contribution is -2.39. The van der Waals surface area contributed by atoms with Crippen LogP contribution in [0.1, 0.15) is 44.7 Å². The van der Waals surface area contributed by atoms with E-state index in [1.54, 1.807) is 6.20 Å². The number of aromatic nitrogens is 2. The first-order valence-corrected chi connectivity index (χ1v) is 5.96. The molecule has 1 aromatic heterocycles. The van der Waals surface area contributed by atoms with Crippen molar-refractivity contribution in [3.63, 3.8) is 0 Å². The molecule has 0 radical (unpaired) electrons. The zero-order chi connectivity index (χ0) is 11.6. The molecule has 0 unspecified atom stereocenters. The molecule has 4 nitrogen and oxygen atoms in total. The Bertz CT molecular complexity index is 378. The van der Waals surface area contributed by atoms with E-state index in [4.69, 9.17) is 0 Å². The van der Waals surface area contributed by atoms with Gasteiger partial charge in [-0.15, -0.1) is 0 Å². The number of hydrogen-bond acceptors (Lipinski definition) is 2. The van der Waals surface area contributed by atoms with E-state index < -0.39 is 11.4 Å². The van der Waals surface area contributed by atoms with E-state index >= 15 is 0 Å². The minimum absolute atomic E-state index is 0.690. The van der Waals surface area contributed by atoms with Crippen LogP contribution in [-0.4, -0.2) is 20.9 Å². The van der Waals surface area contributed by atoms with Crippen LogP contribution in [0, 0.1) is 0 Å². The molecule has 88 valence electrons. The fraction of sp³-hybridized carbons (Fsp3) is 0.667. The maximum Gasteiger partial charge on any atom is 0.315 e. The number of nitrogens with zero attached hydrogens (tertiary/aromatic N) is 2. The molecule has 0 atom stereocenters. The summed E-state index contributed by atoms with van der Waals surface area (Å²) in [5, 5.41) is 13.7. The molecule has 0 spiro atoms. The molecule has 1 fully saturated rings. The van der Waals surface area contributed by atoms with Crippen molar-refractivity contribution in [1.82, 2.24) is 9.78 Å². The van der Waals surface area contributed by atoms with Gasteiger partial charge in [-0.2, -0.15) is 5.10 Å². The van der Waals surface area contributed by atoms with Crippen molar-refractivity contribution < 1.29 is 9.90 Å². The first-order valence-electron chi connectivity index (χ1n) is 5.96. The lowest BCUT2D eigenvalue weighted by Gasteiger charge is -2.33. The number of rotatable bonds is 3. The van der Waals surface area contributed by atoms with Crippen LogP contribution in [0.15, 0.2) is 12.3 Å². The van der Waals surface area contributed by atoms with Gasteiger partial charge < -0.3 is 5.11 Å². The molecular formula is C12H18N2O2. The second kappa shape index (κ2) is 4.28. The molecule has 4 heteroatoms. The average molecular weight is 222 g/mol. The van der Waals surface area contributed by atoms with Crippen molar-refractivity contribution in [2.24, 2.45) is 0 Å². The van der Waals surface area contributed by atoms with Crippen LogP contribution in [0.25, 0.3) is 0 Å². The topological polar surface area (TPSA) is 55.1 Å². The molecule has 0 bridgehead atoms. The van der Waals surface area contributed by atoms with Crippen LogP contribution in [0.4, 0.5) is 0 Å². The summed E-state index contributed by atoms with van der Waals surface area (Å²) in [7, 11) is 0. The monoisotopic (exact) mass is 222 g/mol. The summed E-state index contributed by atoms with van der Waals surface area (Å²) in [4.78, 5) is 11.6. The van der Waals surface area contributed by atoms with E-state index in [9.17, 15) is 9.90 Å². The van der Waals surface area contributed by atoms with Gasteiger partial charge in [0.05, 0.1) is 5.69 Å². The van der Waals surface area contributed by atoms with E-state index in [0.29, 0.717) is 0 Å². The second-order valence-electron chi connectivity index (χ2n) is 4.48. The van der Waals surface area contributed by atoms with Gasteiger partial charge in [0, 0.05) is 12.7 Å². The number of carboxylic acid groups (broad SMARTS) is 1. The molecule has 1 aliphatic rings. The highest BCUT2D eigenvalue weighted by Crippen LogP contribution is 2.39. The van der Waals surface area contributed by atoms with Gasteiger partial charge >= 0.3 is 5.97 Å². The molecule has 2 rings (SSSR count). The first kappa shape index (κ1) is 11.2. The van der Waals surface area contributed by atoms with Gasteiger partial charge in [-0.3, -0.25) is 9.48 Å². The predicted molar refractivity (Wildman–Crippen MR) is 60.3 cm³/mol. The Morgan fingerprint density at radius 2 is 2.19 bits per heavy atom. The van der Waals surface area contributed by atoms with Gasteiger partial charge in [0.15, 0.2) is 0 Å². The smallest absolute Gasteiger partial charge is 0.315 e. The van der Waals surface area contributed by atoms with Crippen molar-refractivity contribution in [1.29, 1.82) is 0 Å². The summed E-state index contributed by atoms with van der Waals surface area (Å²) in [6.45, 7) is 2.73. The molecule has 1 heterocycles. The molecular weight excluding hydrogens is 204 g/mol. The zero-order valence-corrected chi connectivity index (χ0v) is 9.65. The first-order chi connectivity index (χ1) is 7.70. The second-order valence-corrected chi connectivity index (χ2v) is 4.48. The van der Waals surface area contributed by atoms with Crippen LogP contribution in [0.5, 0.6) is 0 Å². The van der Waals surface area contributed by atoms with Crippen LogP contribution >= 0.6 is 0 Å². The van der Waals surface area contributed by atoms with Gasteiger partial charge in [0.1, 0.15) is 5.41 Å². The van der Waals surface area contributed by atoms with Gasteiger partial charge in [-0.05, 0) is 25.8 Å². The number of carbonyl (C=O) groups is 1. The maximum absolute atomic E-state index is 11.6. The third kappa shape index (κ3) is 1.62. The SMILES string of the molecule is CCn1nccc1C1(C(=O)O)CCCCC1. The molecule has 1 saturated carbocycles. The minimum Gasteiger partial charge on any atom is -0.481 e. The molecule has 1 aromatic rings. The number of aliphatic carboxylic acids is 1. The molecule has 1 aliphatic carbocycles. The third-order valence-electron chi connectivity index (χ3n) is 3.62. The molecule has 0 amide bonds. The highest BCUT2D eigenvalue weighted by atomic mass is 16.4. The Balaban J connectivity index is 2.42. The number of hydrogen-bond donors (Lipinski definition) is 1. The predicted octanol–water partition coefficient (Wildman–Crippen LogP) is 2.19. The van der Waals surface area contributed by atoms with E-state index in [0.717, 1.165) is 44.3 Å². The molecule has 16 heavy (non-hydrogen) atoms. The lowest BCUT2D eigenvalue weighted by atomic mass is 9.71. The van der Waals surface area contributed by atoms with E-state index in [1.807, 2.05) is 17.7 Å². The van der Waals surface area contributed by atoms with Crippen LogP contribution < -0.4 is 0 Å². The average Bonchev–Trinajstić information content (AvgIpc) is 2.78. The maximum atomic E-state index is 11.6. The number of aryl methyl sites for hydroxylation is 1. The summed E-state index contributed by atoms with van der Waals surface area (Å²) in [5.41, 5.74) is 0.187. The Labute approximate surface area is 95.3 Å². The Hall–Kier alpha value is -1.32. The van der Waals surface area contributed by atoms with Gasteiger partial charge in [-0.25, -0.2) is 0 Å². The molecule has 0 aliphatic heterocycles. The highest BCUT2D eigenvalue weighted by molar-refractivity contribution is 5.80. The van der Waals surface area contributed by atoms with Gasteiger partial charge in [0.25, 0.3) is 0 Å². The Kier molecular flexibility index (Phi) is 2.99. The molecule has 0 aromatic carbocycles. The van der Waals surface area contributed by atoms with Crippen molar-refractivity contribution in [3.05, 3.63) is 18.0 Å². The lowest BCUT2D eigenvalue weighted by molar-refractivity contribution is -0.145. The van der Waals surface area contributed by atoms with Crippen molar-refractivity contribution in [2.45, 2.75) is 51.0 Å². The highest BCUT2D eigenvalue weighted by Gasteiger charge is 2.43.